The zero-order valence-corrected chi connectivity index (χ0v) is 9.18. The number of rotatable bonds is 6. The molecule has 80 valence electrons. The quantitative estimate of drug-likeness (QED) is 0.649. The standard InChI is InChI=1S/C9H16N2O2S/c1-13-6-9(12)11(7-2-3-7)5-4-8(10)14/h7H,2-6H2,1H3,(H2,10,14). The van der Waals surface area contributed by atoms with E-state index in [9.17, 15) is 4.79 Å². The Labute approximate surface area is 89.4 Å². The molecule has 1 aliphatic rings. The van der Waals surface area contributed by atoms with Crippen LogP contribution < -0.4 is 5.73 Å². The number of ether oxygens (including phenoxy) is 1. The average molecular weight is 216 g/mol. The van der Waals surface area contributed by atoms with Crippen molar-refractivity contribution in [2.75, 3.05) is 20.3 Å². The first-order chi connectivity index (χ1) is 6.65. The lowest BCUT2D eigenvalue weighted by Crippen LogP contribution is -2.37. The Kier molecular flexibility index (Phi) is 4.28. The highest BCUT2D eigenvalue weighted by Gasteiger charge is 2.31. The van der Waals surface area contributed by atoms with Crippen molar-refractivity contribution in [2.24, 2.45) is 5.73 Å². The van der Waals surface area contributed by atoms with E-state index >= 15 is 0 Å². The van der Waals surface area contributed by atoms with Gasteiger partial charge < -0.3 is 15.4 Å². The number of thiocarbonyl (C=S) groups is 1. The fraction of sp³-hybridized carbons (Fsp3) is 0.778. The van der Waals surface area contributed by atoms with Crippen molar-refractivity contribution in [3.63, 3.8) is 0 Å². The van der Waals surface area contributed by atoms with Crippen LogP contribution in [0.3, 0.4) is 0 Å². The molecule has 0 aliphatic heterocycles. The Hall–Kier alpha value is -0.680. The van der Waals surface area contributed by atoms with Crippen LogP contribution in [0.2, 0.25) is 0 Å². The van der Waals surface area contributed by atoms with Crippen molar-refractivity contribution in [3.8, 4) is 0 Å². The van der Waals surface area contributed by atoms with Crippen LogP contribution in [0.5, 0.6) is 0 Å². The summed E-state index contributed by atoms with van der Waals surface area (Å²) in [6.45, 7) is 0.774. The predicted molar refractivity (Wildman–Crippen MR) is 58.0 cm³/mol. The molecule has 0 saturated heterocycles. The van der Waals surface area contributed by atoms with Crippen LogP contribution in [0.4, 0.5) is 0 Å². The van der Waals surface area contributed by atoms with E-state index in [0.29, 0.717) is 24.0 Å². The minimum atomic E-state index is 0.0336. The summed E-state index contributed by atoms with van der Waals surface area (Å²) in [6, 6.07) is 0.395. The molecule has 0 aromatic carbocycles. The number of nitrogens with zero attached hydrogens (tertiary/aromatic N) is 1. The van der Waals surface area contributed by atoms with E-state index in [-0.39, 0.29) is 12.5 Å². The van der Waals surface area contributed by atoms with Gasteiger partial charge in [-0.25, -0.2) is 0 Å². The Morgan fingerprint density at radius 1 is 1.64 bits per heavy atom. The maximum Gasteiger partial charge on any atom is 0.248 e. The fourth-order valence-corrected chi connectivity index (χ4v) is 1.43. The summed E-state index contributed by atoms with van der Waals surface area (Å²) >= 11 is 4.78. The fourth-order valence-electron chi connectivity index (χ4n) is 1.33. The lowest BCUT2D eigenvalue weighted by molar-refractivity contribution is -0.135. The van der Waals surface area contributed by atoms with Crippen LogP contribution in [-0.4, -0.2) is 42.1 Å². The van der Waals surface area contributed by atoms with E-state index in [1.807, 2.05) is 4.90 Å². The first kappa shape index (κ1) is 11.4. The van der Waals surface area contributed by atoms with Gasteiger partial charge in [-0.3, -0.25) is 4.79 Å². The molecule has 0 aromatic heterocycles. The Morgan fingerprint density at radius 2 is 2.29 bits per heavy atom. The third-order valence-electron chi connectivity index (χ3n) is 2.17. The summed E-state index contributed by atoms with van der Waals surface area (Å²) in [5.41, 5.74) is 5.40. The Morgan fingerprint density at radius 3 is 2.71 bits per heavy atom. The number of hydrogen-bond donors (Lipinski definition) is 1. The van der Waals surface area contributed by atoms with E-state index in [1.54, 1.807) is 0 Å². The molecule has 1 fully saturated rings. The molecule has 0 heterocycles. The Balaban J connectivity index is 2.38. The van der Waals surface area contributed by atoms with Crippen LogP contribution in [0.1, 0.15) is 19.3 Å². The first-order valence-corrected chi connectivity index (χ1v) is 5.12. The van der Waals surface area contributed by atoms with E-state index in [0.717, 1.165) is 12.8 Å². The van der Waals surface area contributed by atoms with Crippen LogP contribution >= 0.6 is 12.2 Å². The van der Waals surface area contributed by atoms with E-state index in [2.05, 4.69) is 0 Å². The number of nitrogens with two attached hydrogens (primary N) is 1. The van der Waals surface area contributed by atoms with Crippen molar-refractivity contribution >= 4 is 23.1 Å². The summed E-state index contributed by atoms with van der Waals surface area (Å²) < 4.78 is 4.81. The maximum absolute atomic E-state index is 11.6. The topological polar surface area (TPSA) is 55.6 Å². The second-order valence-electron chi connectivity index (χ2n) is 3.47. The van der Waals surface area contributed by atoms with Crippen LogP contribution in [0.15, 0.2) is 0 Å². The number of carbonyl (C=O) groups excluding carboxylic acids is 1. The zero-order chi connectivity index (χ0) is 10.6. The second-order valence-corrected chi connectivity index (χ2v) is 3.99. The molecule has 2 N–H and O–H groups in total. The number of hydrogen-bond acceptors (Lipinski definition) is 3. The summed E-state index contributed by atoms with van der Waals surface area (Å²) in [5.74, 6) is 0.0336. The Bertz CT molecular complexity index is 229. The largest absolute Gasteiger partial charge is 0.393 e. The van der Waals surface area contributed by atoms with Crippen LogP contribution in [-0.2, 0) is 9.53 Å². The van der Waals surface area contributed by atoms with Gasteiger partial charge in [0, 0.05) is 26.1 Å². The molecular weight excluding hydrogens is 200 g/mol. The SMILES string of the molecule is COCC(=O)N(CCC(N)=S)C1CC1. The molecule has 0 unspecified atom stereocenters. The van der Waals surface area contributed by atoms with Gasteiger partial charge in [-0.2, -0.15) is 0 Å². The van der Waals surface area contributed by atoms with Crippen molar-refractivity contribution in [1.82, 2.24) is 4.90 Å². The molecule has 0 aromatic rings. The highest BCUT2D eigenvalue weighted by molar-refractivity contribution is 7.80. The summed E-state index contributed by atoms with van der Waals surface area (Å²) in [7, 11) is 1.52. The highest BCUT2D eigenvalue weighted by Crippen LogP contribution is 2.26. The average Bonchev–Trinajstić information content (AvgIpc) is 2.88. The van der Waals surface area contributed by atoms with Crippen molar-refractivity contribution < 1.29 is 9.53 Å². The minimum absolute atomic E-state index is 0.0336. The molecule has 5 heteroatoms. The number of amides is 1. The van der Waals surface area contributed by atoms with E-state index in [1.165, 1.54) is 7.11 Å². The molecule has 14 heavy (non-hydrogen) atoms. The molecule has 0 bridgehead atoms. The number of carbonyl (C=O) groups is 1. The zero-order valence-electron chi connectivity index (χ0n) is 8.36. The monoisotopic (exact) mass is 216 g/mol. The molecule has 4 nitrogen and oxygen atoms in total. The van der Waals surface area contributed by atoms with Crippen molar-refractivity contribution in [3.05, 3.63) is 0 Å². The van der Waals surface area contributed by atoms with E-state index in [4.69, 9.17) is 22.7 Å². The van der Waals surface area contributed by atoms with Crippen molar-refractivity contribution in [1.29, 1.82) is 0 Å². The first-order valence-electron chi connectivity index (χ1n) is 4.72. The minimum Gasteiger partial charge on any atom is -0.393 e. The van der Waals surface area contributed by atoms with Gasteiger partial charge in [-0.05, 0) is 12.8 Å². The van der Waals surface area contributed by atoms with Crippen molar-refractivity contribution in [2.45, 2.75) is 25.3 Å². The van der Waals surface area contributed by atoms with Gasteiger partial charge >= 0.3 is 0 Å². The summed E-state index contributed by atoms with van der Waals surface area (Å²) in [6.07, 6.45) is 2.78. The molecule has 1 rings (SSSR count). The normalized spacial score (nSPS) is 15.2. The molecule has 0 radical (unpaired) electrons. The van der Waals surface area contributed by atoms with Gasteiger partial charge in [-0.1, -0.05) is 12.2 Å². The van der Waals surface area contributed by atoms with Gasteiger partial charge in [-0.15, -0.1) is 0 Å². The van der Waals surface area contributed by atoms with Gasteiger partial charge in [0.25, 0.3) is 0 Å². The predicted octanol–water partition coefficient (Wildman–Crippen LogP) is 0.300. The van der Waals surface area contributed by atoms with Gasteiger partial charge in [0.1, 0.15) is 6.61 Å². The maximum atomic E-state index is 11.6. The summed E-state index contributed by atoms with van der Waals surface area (Å²) in [5, 5.41) is 0. The van der Waals surface area contributed by atoms with Crippen LogP contribution in [0.25, 0.3) is 0 Å². The van der Waals surface area contributed by atoms with E-state index < -0.39 is 0 Å². The second kappa shape index (κ2) is 5.26. The highest BCUT2D eigenvalue weighted by atomic mass is 32.1. The van der Waals surface area contributed by atoms with Gasteiger partial charge in [0.2, 0.25) is 5.91 Å². The molecule has 0 spiro atoms. The third kappa shape index (κ3) is 3.59. The lowest BCUT2D eigenvalue weighted by Gasteiger charge is -2.21. The van der Waals surface area contributed by atoms with Gasteiger partial charge in [0.15, 0.2) is 0 Å². The molecule has 1 saturated carbocycles. The third-order valence-corrected chi connectivity index (χ3v) is 2.38. The number of methoxy groups -OCH3 is 1. The molecule has 1 amide bonds. The van der Waals surface area contributed by atoms with Crippen LogP contribution in [0, 0.1) is 0 Å². The molecule has 0 atom stereocenters. The molecule has 1 aliphatic carbocycles. The smallest absolute Gasteiger partial charge is 0.248 e. The lowest BCUT2D eigenvalue weighted by atomic mass is 10.3. The summed E-state index contributed by atoms with van der Waals surface area (Å²) in [4.78, 5) is 13.8. The van der Waals surface area contributed by atoms with Gasteiger partial charge in [0.05, 0.1) is 4.99 Å². The molecular formula is C9H16N2O2S.